The summed E-state index contributed by atoms with van der Waals surface area (Å²) >= 11 is 6.08. The Bertz CT molecular complexity index is 582. The molecule has 1 unspecified atom stereocenters. The van der Waals surface area contributed by atoms with Crippen molar-refractivity contribution in [1.29, 1.82) is 0 Å². The highest BCUT2D eigenvalue weighted by atomic mass is 35.5. The van der Waals surface area contributed by atoms with E-state index in [2.05, 4.69) is 0 Å². The zero-order chi connectivity index (χ0) is 13.3. The third kappa shape index (κ3) is 2.52. The van der Waals surface area contributed by atoms with Crippen LogP contribution in [0.1, 0.15) is 18.5 Å². The molecule has 18 heavy (non-hydrogen) atoms. The third-order valence-electron chi connectivity index (χ3n) is 2.73. The lowest BCUT2D eigenvalue weighted by atomic mass is 10.0. The second-order valence-electron chi connectivity index (χ2n) is 4.15. The van der Waals surface area contributed by atoms with Crippen molar-refractivity contribution in [3.05, 3.63) is 58.6 Å². The van der Waals surface area contributed by atoms with E-state index in [4.69, 9.17) is 17.3 Å². The first-order valence-corrected chi connectivity index (χ1v) is 5.87. The van der Waals surface area contributed by atoms with Crippen molar-refractivity contribution in [1.82, 2.24) is 0 Å². The van der Waals surface area contributed by atoms with Gasteiger partial charge in [0.15, 0.2) is 0 Å². The lowest BCUT2D eigenvalue weighted by molar-refractivity contribution is 0.585. The van der Waals surface area contributed by atoms with E-state index in [1.807, 2.05) is 6.92 Å². The van der Waals surface area contributed by atoms with E-state index < -0.39 is 11.6 Å². The topological polar surface area (TPSA) is 26.0 Å². The third-order valence-corrected chi connectivity index (χ3v) is 3.06. The Kier molecular flexibility index (Phi) is 3.64. The maximum atomic E-state index is 13.6. The van der Waals surface area contributed by atoms with Gasteiger partial charge in [0, 0.05) is 22.7 Å². The SMILES string of the molecule is CC(N)c1ccc(-c2ccc(F)cc2F)cc1Cl. The van der Waals surface area contributed by atoms with Crippen LogP contribution in [0.25, 0.3) is 11.1 Å². The highest BCUT2D eigenvalue weighted by Gasteiger charge is 2.10. The standard InChI is InChI=1S/C14H12ClF2N/c1-8(18)11-4-2-9(6-13(11)15)12-5-3-10(16)7-14(12)17/h2-8H,18H2,1H3. The van der Waals surface area contributed by atoms with Crippen LogP contribution in [0.5, 0.6) is 0 Å². The summed E-state index contributed by atoms with van der Waals surface area (Å²) in [4.78, 5) is 0. The Morgan fingerprint density at radius 1 is 1.11 bits per heavy atom. The first-order chi connectivity index (χ1) is 8.49. The predicted molar refractivity (Wildman–Crippen MR) is 69.4 cm³/mol. The van der Waals surface area contributed by atoms with Crippen LogP contribution in [-0.4, -0.2) is 0 Å². The molecule has 0 aliphatic rings. The molecule has 94 valence electrons. The summed E-state index contributed by atoms with van der Waals surface area (Å²) in [6.07, 6.45) is 0. The molecule has 0 bridgehead atoms. The monoisotopic (exact) mass is 267 g/mol. The van der Waals surface area contributed by atoms with Crippen LogP contribution in [0, 0.1) is 11.6 Å². The van der Waals surface area contributed by atoms with Crippen molar-refractivity contribution in [3.8, 4) is 11.1 Å². The van der Waals surface area contributed by atoms with Crippen LogP contribution in [0.4, 0.5) is 8.78 Å². The van der Waals surface area contributed by atoms with Crippen LogP contribution in [-0.2, 0) is 0 Å². The molecule has 0 aliphatic heterocycles. The Labute approximate surface area is 109 Å². The summed E-state index contributed by atoms with van der Waals surface area (Å²) in [5.41, 5.74) is 7.45. The second-order valence-corrected chi connectivity index (χ2v) is 4.56. The fraction of sp³-hybridized carbons (Fsp3) is 0.143. The molecule has 2 aromatic carbocycles. The van der Waals surface area contributed by atoms with Crippen molar-refractivity contribution in [2.45, 2.75) is 13.0 Å². The first kappa shape index (κ1) is 13.0. The lowest BCUT2D eigenvalue weighted by Gasteiger charge is -2.10. The normalized spacial score (nSPS) is 12.5. The van der Waals surface area contributed by atoms with Gasteiger partial charge in [0.05, 0.1) is 0 Å². The van der Waals surface area contributed by atoms with Gasteiger partial charge >= 0.3 is 0 Å². The molecule has 0 fully saturated rings. The minimum Gasteiger partial charge on any atom is -0.324 e. The molecule has 1 atom stereocenters. The summed E-state index contributed by atoms with van der Waals surface area (Å²) in [7, 11) is 0. The molecule has 2 rings (SSSR count). The van der Waals surface area contributed by atoms with Gasteiger partial charge < -0.3 is 5.73 Å². The number of hydrogen-bond donors (Lipinski definition) is 1. The van der Waals surface area contributed by atoms with Crippen molar-refractivity contribution in [3.63, 3.8) is 0 Å². The van der Waals surface area contributed by atoms with E-state index in [0.29, 0.717) is 16.1 Å². The van der Waals surface area contributed by atoms with Gasteiger partial charge in [0.25, 0.3) is 0 Å². The number of nitrogens with two attached hydrogens (primary N) is 1. The highest BCUT2D eigenvalue weighted by molar-refractivity contribution is 6.31. The molecule has 0 saturated heterocycles. The van der Waals surface area contributed by atoms with Crippen LogP contribution >= 0.6 is 11.6 Å². The number of halogens is 3. The lowest BCUT2D eigenvalue weighted by Crippen LogP contribution is -2.05. The molecule has 0 amide bonds. The summed E-state index contributed by atoms with van der Waals surface area (Å²) in [5.74, 6) is -1.21. The molecular formula is C14H12ClF2N. The molecule has 0 spiro atoms. The number of hydrogen-bond acceptors (Lipinski definition) is 1. The summed E-state index contributed by atoms with van der Waals surface area (Å²) in [6, 6.07) is 8.38. The van der Waals surface area contributed by atoms with E-state index in [1.54, 1.807) is 18.2 Å². The molecular weight excluding hydrogens is 256 g/mol. The van der Waals surface area contributed by atoms with E-state index in [9.17, 15) is 8.78 Å². The zero-order valence-corrected chi connectivity index (χ0v) is 10.5. The molecule has 0 radical (unpaired) electrons. The molecule has 0 saturated carbocycles. The molecule has 0 aromatic heterocycles. The fourth-order valence-electron chi connectivity index (χ4n) is 1.79. The predicted octanol–water partition coefficient (Wildman–Crippen LogP) is 4.30. The van der Waals surface area contributed by atoms with E-state index in [0.717, 1.165) is 11.6 Å². The van der Waals surface area contributed by atoms with Gasteiger partial charge in [-0.25, -0.2) is 8.78 Å². The maximum Gasteiger partial charge on any atom is 0.133 e. The van der Waals surface area contributed by atoms with Crippen molar-refractivity contribution >= 4 is 11.6 Å². The molecule has 1 nitrogen and oxygen atoms in total. The van der Waals surface area contributed by atoms with Crippen LogP contribution in [0.2, 0.25) is 5.02 Å². The molecule has 2 N–H and O–H groups in total. The number of rotatable bonds is 2. The number of benzene rings is 2. The average Bonchev–Trinajstić information content (AvgIpc) is 2.28. The van der Waals surface area contributed by atoms with E-state index in [-0.39, 0.29) is 6.04 Å². The zero-order valence-electron chi connectivity index (χ0n) is 9.75. The Balaban J connectivity index is 2.49. The van der Waals surface area contributed by atoms with E-state index >= 15 is 0 Å². The minimum absolute atomic E-state index is 0.190. The first-order valence-electron chi connectivity index (χ1n) is 5.49. The van der Waals surface area contributed by atoms with Gasteiger partial charge in [-0.1, -0.05) is 23.7 Å². The second kappa shape index (κ2) is 5.04. The molecule has 0 aliphatic carbocycles. The quantitative estimate of drug-likeness (QED) is 0.862. The Morgan fingerprint density at radius 3 is 2.39 bits per heavy atom. The summed E-state index contributed by atoms with van der Waals surface area (Å²) in [5, 5.41) is 0.478. The van der Waals surface area contributed by atoms with Gasteiger partial charge in [-0.05, 0) is 36.2 Å². The van der Waals surface area contributed by atoms with Crippen LogP contribution in [0.3, 0.4) is 0 Å². The summed E-state index contributed by atoms with van der Waals surface area (Å²) in [6.45, 7) is 1.82. The highest BCUT2D eigenvalue weighted by Crippen LogP contribution is 2.29. The average molecular weight is 268 g/mol. The summed E-state index contributed by atoms with van der Waals surface area (Å²) < 4.78 is 26.4. The molecule has 0 heterocycles. The largest absolute Gasteiger partial charge is 0.324 e. The van der Waals surface area contributed by atoms with E-state index in [1.165, 1.54) is 12.1 Å². The van der Waals surface area contributed by atoms with Crippen LogP contribution < -0.4 is 5.73 Å². The van der Waals surface area contributed by atoms with Gasteiger partial charge in [-0.2, -0.15) is 0 Å². The van der Waals surface area contributed by atoms with Crippen molar-refractivity contribution in [2.75, 3.05) is 0 Å². The van der Waals surface area contributed by atoms with Crippen molar-refractivity contribution in [2.24, 2.45) is 5.73 Å². The Hall–Kier alpha value is -1.45. The maximum absolute atomic E-state index is 13.6. The van der Waals surface area contributed by atoms with Gasteiger partial charge in [-0.15, -0.1) is 0 Å². The molecule has 2 aromatic rings. The smallest absolute Gasteiger partial charge is 0.133 e. The van der Waals surface area contributed by atoms with Gasteiger partial charge in [-0.3, -0.25) is 0 Å². The van der Waals surface area contributed by atoms with Gasteiger partial charge in [0.2, 0.25) is 0 Å². The van der Waals surface area contributed by atoms with Crippen LogP contribution in [0.15, 0.2) is 36.4 Å². The fourth-order valence-corrected chi connectivity index (χ4v) is 2.14. The molecule has 4 heteroatoms. The van der Waals surface area contributed by atoms with Crippen molar-refractivity contribution < 1.29 is 8.78 Å². The Morgan fingerprint density at radius 2 is 1.83 bits per heavy atom. The van der Waals surface area contributed by atoms with Gasteiger partial charge in [0.1, 0.15) is 11.6 Å². The minimum atomic E-state index is -0.611.